The molecule has 2 rings (SSSR count). The highest BCUT2D eigenvalue weighted by Crippen LogP contribution is 2.29. The second-order valence-corrected chi connectivity index (χ2v) is 6.42. The van der Waals surface area contributed by atoms with E-state index in [0.717, 1.165) is 10.0 Å². The maximum atomic E-state index is 12.2. The Morgan fingerprint density at radius 1 is 1.28 bits per heavy atom. The number of esters is 1. The van der Waals surface area contributed by atoms with E-state index in [0.29, 0.717) is 5.69 Å². The summed E-state index contributed by atoms with van der Waals surface area (Å²) in [6.07, 6.45) is 0. The molecule has 0 aliphatic heterocycles. The number of amides is 1. The number of hydrogen-bond donors (Lipinski definition) is 2. The Balaban J connectivity index is 2.01. The number of ether oxygens (including phenoxy) is 2. The molecule has 8 heteroatoms. The number of rotatable bonds is 5. The summed E-state index contributed by atoms with van der Waals surface area (Å²) < 4.78 is 11.0. The summed E-state index contributed by atoms with van der Waals surface area (Å²) in [6.45, 7) is 1.45. The highest BCUT2D eigenvalue weighted by atomic mass is 79.9. The molecule has 0 fully saturated rings. The van der Waals surface area contributed by atoms with Crippen LogP contribution in [0, 0.1) is 6.92 Å². The molecule has 0 aliphatic rings. The van der Waals surface area contributed by atoms with Gasteiger partial charge in [-0.15, -0.1) is 0 Å². The minimum atomic E-state index is -0.735. The van der Waals surface area contributed by atoms with Crippen LogP contribution >= 0.6 is 27.5 Å². The molecular weight excluding hydrogens is 412 g/mol. The predicted molar refractivity (Wildman–Crippen MR) is 100 cm³/mol. The summed E-state index contributed by atoms with van der Waals surface area (Å²) >= 11 is 9.30. The van der Waals surface area contributed by atoms with Gasteiger partial charge < -0.3 is 20.5 Å². The number of nitrogens with two attached hydrogens (primary N) is 1. The summed E-state index contributed by atoms with van der Waals surface area (Å²) in [7, 11) is 1.39. The van der Waals surface area contributed by atoms with E-state index in [1.807, 2.05) is 13.0 Å². The summed E-state index contributed by atoms with van der Waals surface area (Å²) in [5.41, 5.74) is 7.61. The fraction of sp³-hybridized carbons (Fsp3) is 0.176. The number of carbonyl (C=O) groups is 2. The van der Waals surface area contributed by atoms with Crippen molar-refractivity contribution in [2.45, 2.75) is 6.92 Å². The fourth-order valence-corrected chi connectivity index (χ4v) is 2.44. The van der Waals surface area contributed by atoms with E-state index in [-0.39, 0.29) is 22.0 Å². The van der Waals surface area contributed by atoms with Gasteiger partial charge in [-0.3, -0.25) is 4.79 Å². The summed E-state index contributed by atoms with van der Waals surface area (Å²) in [4.78, 5) is 24.1. The lowest BCUT2D eigenvalue weighted by molar-refractivity contribution is -0.119. The minimum Gasteiger partial charge on any atom is -0.496 e. The highest BCUT2D eigenvalue weighted by molar-refractivity contribution is 9.10. The molecular formula is C17H16BrClN2O4. The van der Waals surface area contributed by atoms with Gasteiger partial charge in [0.2, 0.25) is 0 Å². The SMILES string of the molecule is COc1cc(N)c(Cl)cc1C(=O)OCC(=O)Nc1ccc(Br)c(C)c1. The zero-order valence-electron chi connectivity index (χ0n) is 13.6. The number of carbonyl (C=O) groups excluding carboxylic acids is 2. The van der Waals surface area contributed by atoms with Crippen molar-refractivity contribution < 1.29 is 19.1 Å². The number of halogens is 2. The Morgan fingerprint density at radius 3 is 2.64 bits per heavy atom. The standard InChI is InChI=1S/C17H16BrClN2O4/c1-9-5-10(3-4-12(9)18)21-16(22)8-25-17(23)11-6-13(19)14(20)7-15(11)24-2/h3-7H,8,20H2,1-2H3,(H,21,22). The first kappa shape index (κ1) is 19.1. The smallest absolute Gasteiger partial charge is 0.342 e. The lowest BCUT2D eigenvalue weighted by Crippen LogP contribution is -2.21. The van der Waals surface area contributed by atoms with Gasteiger partial charge in [-0.2, -0.15) is 0 Å². The van der Waals surface area contributed by atoms with Crippen molar-refractivity contribution in [2.75, 3.05) is 24.8 Å². The molecule has 3 N–H and O–H groups in total. The Labute approximate surface area is 158 Å². The van der Waals surface area contributed by atoms with Crippen molar-refractivity contribution >= 4 is 50.8 Å². The average molecular weight is 428 g/mol. The van der Waals surface area contributed by atoms with Crippen LogP contribution in [-0.2, 0) is 9.53 Å². The molecule has 132 valence electrons. The maximum Gasteiger partial charge on any atom is 0.342 e. The molecule has 1 amide bonds. The highest BCUT2D eigenvalue weighted by Gasteiger charge is 2.17. The van der Waals surface area contributed by atoms with Gasteiger partial charge in [0.25, 0.3) is 5.91 Å². The Hall–Kier alpha value is -2.25. The van der Waals surface area contributed by atoms with Crippen molar-refractivity contribution in [3.05, 3.63) is 51.0 Å². The molecule has 0 aromatic heterocycles. The van der Waals surface area contributed by atoms with E-state index in [1.165, 1.54) is 19.2 Å². The molecule has 0 atom stereocenters. The van der Waals surface area contributed by atoms with Gasteiger partial charge in [-0.25, -0.2) is 4.79 Å². The van der Waals surface area contributed by atoms with Gasteiger partial charge in [0, 0.05) is 16.2 Å². The van der Waals surface area contributed by atoms with Gasteiger partial charge in [-0.1, -0.05) is 27.5 Å². The third kappa shape index (κ3) is 4.87. The van der Waals surface area contributed by atoms with Gasteiger partial charge in [-0.05, 0) is 36.8 Å². The first-order chi connectivity index (χ1) is 11.8. The van der Waals surface area contributed by atoms with Crippen LogP contribution in [0.4, 0.5) is 11.4 Å². The molecule has 0 heterocycles. The van der Waals surface area contributed by atoms with Crippen molar-refractivity contribution in [3.63, 3.8) is 0 Å². The van der Waals surface area contributed by atoms with Gasteiger partial charge in [0.05, 0.1) is 17.8 Å². The van der Waals surface area contributed by atoms with Gasteiger partial charge >= 0.3 is 5.97 Å². The number of nitrogens with one attached hydrogen (secondary N) is 1. The Bertz CT molecular complexity index is 827. The summed E-state index contributed by atoms with van der Waals surface area (Å²) in [6, 6.07) is 8.11. The number of benzene rings is 2. The topological polar surface area (TPSA) is 90.7 Å². The molecule has 0 bridgehead atoms. The zero-order chi connectivity index (χ0) is 18.6. The number of hydrogen-bond acceptors (Lipinski definition) is 5. The van der Waals surface area contributed by atoms with E-state index in [9.17, 15) is 9.59 Å². The lowest BCUT2D eigenvalue weighted by Gasteiger charge is -2.11. The fourth-order valence-electron chi connectivity index (χ4n) is 2.03. The van der Waals surface area contributed by atoms with Crippen LogP contribution in [0.25, 0.3) is 0 Å². The maximum absolute atomic E-state index is 12.2. The van der Waals surface area contributed by atoms with E-state index in [4.69, 9.17) is 26.8 Å². The normalized spacial score (nSPS) is 10.2. The van der Waals surface area contributed by atoms with E-state index >= 15 is 0 Å². The number of methoxy groups -OCH3 is 1. The molecule has 6 nitrogen and oxygen atoms in total. The van der Waals surface area contributed by atoms with Crippen LogP contribution in [0.3, 0.4) is 0 Å². The number of nitrogen functional groups attached to an aromatic ring is 1. The molecule has 0 aliphatic carbocycles. The second kappa shape index (κ2) is 8.22. The van der Waals surface area contributed by atoms with E-state index < -0.39 is 18.5 Å². The Kier molecular flexibility index (Phi) is 6.27. The molecule has 0 unspecified atom stereocenters. The van der Waals surface area contributed by atoms with Crippen molar-refractivity contribution in [1.29, 1.82) is 0 Å². The summed E-state index contributed by atoms with van der Waals surface area (Å²) in [5.74, 6) is -0.979. The lowest BCUT2D eigenvalue weighted by atomic mass is 10.2. The largest absolute Gasteiger partial charge is 0.496 e. The quantitative estimate of drug-likeness (QED) is 0.559. The molecule has 0 radical (unpaired) electrons. The molecule has 25 heavy (non-hydrogen) atoms. The molecule has 2 aromatic rings. The van der Waals surface area contributed by atoms with Crippen molar-refractivity contribution in [2.24, 2.45) is 0 Å². The zero-order valence-corrected chi connectivity index (χ0v) is 15.9. The van der Waals surface area contributed by atoms with E-state index in [2.05, 4.69) is 21.2 Å². The number of aryl methyl sites for hydroxylation is 1. The molecule has 2 aromatic carbocycles. The minimum absolute atomic E-state index is 0.0917. The Morgan fingerprint density at radius 2 is 2.00 bits per heavy atom. The predicted octanol–water partition coefficient (Wildman–Crippen LogP) is 3.80. The van der Waals surface area contributed by atoms with Crippen LogP contribution in [0.1, 0.15) is 15.9 Å². The second-order valence-electron chi connectivity index (χ2n) is 5.16. The van der Waals surface area contributed by atoms with E-state index in [1.54, 1.807) is 12.1 Å². The molecule has 0 saturated heterocycles. The van der Waals surface area contributed by atoms with Crippen molar-refractivity contribution in [1.82, 2.24) is 0 Å². The average Bonchev–Trinajstić information content (AvgIpc) is 2.58. The van der Waals surface area contributed by atoms with Crippen LogP contribution < -0.4 is 15.8 Å². The monoisotopic (exact) mass is 426 g/mol. The number of anilines is 2. The van der Waals surface area contributed by atoms with Gasteiger partial charge in [0.1, 0.15) is 11.3 Å². The van der Waals surface area contributed by atoms with Crippen LogP contribution in [0.5, 0.6) is 5.75 Å². The third-order valence-corrected chi connectivity index (χ3v) is 4.53. The first-order valence-electron chi connectivity index (χ1n) is 7.18. The first-order valence-corrected chi connectivity index (χ1v) is 8.35. The van der Waals surface area contributed by atoms with Gasteiger partial charge in [0.15, 0.2) is 6.61 Å². The van der Waals surface area contributed by atoms with Crippen LogP contribution in [0.15, 0.2) is 34.8 Å². The summed E-state index contributed by atoms with van der Waals surface area (Å²) in [5, 5.41) is 2.85. The van der Waals surface area contributed by atoms with Crippen molar-refractivity contribution in [3.8, 4) is 5.75 Å². The van der Waals surface area contributed by atoms with Crippen LogP contribution in [-0.4, -0.2) is 25.6 Å². The van der Waals surface area contributed by atoms with Crippen LogP contribution in [0.2, 0.25) is 5.02 Å². The molecule has 0 saturated carbocycles. The third-order valence-electron chi connectivity index (χ3n) is 3.31. The molecule has 0 spiro atoms.